The molecule has 0 fully saturated rings. The van der Waals surface area contributed by atoms with Crippen molar-refractivity contribution < 1.29 is 0 Å². The standard InChI is InChI=1S/C6H10Br2/c7-5-3-1-2-4-6-8/h3,5H,1-2,4,6H2. The Bertz CT molecular complexity index is 59.5. The van der Waals surface area contributed by atoms with Gasteiger partial charge in [0.2, 0.25) is 0 Å². The maximum absolute atomic E-state index is 3.37. The summed E-state index contributed by atoms with van der Waals surface area (Å²) in [7, 11) is 0. The maximum atomic E-state index is 3.37. The first-order chi connectivity index (χ1) is 3.91. The first-order valence-electron chi connectivity index (χ1n) is 2.73. The summed E-state index contributed by atoms with van der Waals surface area (Å²) >= 11 is 6.57. The van der Waals surface area contributed by atoms with Crippen LogP contribution in [0, 0.1) is 0 Å². The minimum atomic E-state index is 1.13. The van der Waals surface area contributed by atoms with E-state index in [1.54, 1.807) is 0 Å². The monoisotopic (exact) mass is 240 g/mol. The molecule has 0 spiro atoms. The van der Waals surface area contributed by atoms with E-state index in [1.807, 2.05) is 4.99 Å². The van der Waals surface area contributed by atoms with E-state index in [1.165, 1.54) is 19.3 Å². The second-order valence-electron chi connectivity index (χ2n) is 1.55. The summed E-state index contributed by atoms with van der Waals surface area (Å²) in [6, 6.07) is 0. The number of alkyl halides is 1. The fourth-order valence-electron chi connectivity index (χ4n) is 0.420. The van der Waals surface area contributed by atoms with Gasteiger partial charge in [0.25, 0.3) is 0 Å². The third-order valence-electron chi connectivity index (χ3n) is 0.844. The highest BCUT2D eigenvalue weighted by molar-refractivity contribution is 9.11. The summed E-state index contributed by atoms with van der Waals surface area (Å²) in [4.78, 5) is 1.92. The number of unbranched alkanes of at least 4 members (excludes halogenated alkanes) is 2. The van der Waals surface area contributed by atoms with Crippen molar-refractivity contribution >= 4 is 31.9 Å². The summed E-state index contributed by atoms with van der Waals surface area (Å²) in [6.45, 7) is 0. The molecule has 0 aliphatic heterocycles. The SMILES string of the molecule is BrC=CCCCCBr. The summed E-state index contributed by atoms with van der Waals surface area (Å²) < 4.78 is 0. The van der Waals surface area contributed by atoms with Gasteiger partial charge in [0, 0.05) is 5.33 Å². The van der Waals surface area contributed by atoms with E-state index in [-0.39, 0.29) is 0 Å². The van der Waals surface area contributed by atoms with Gasteiger partial charge in [-0.25, -0.2) is 0 Å². The first kappa shape index (κ1) is 8.70. The van der Waals surface area contributed by atoms with Crippen LogP contribution in [0.1, 0.15) is 19.3 Å². The van der Waals surface area contributed by atoms with Crippen LogP contribution in [-0.4, -0.2) is 5.33 Å². The number of hydrogen-bond donors (Lipinski definition) is 0. The van der Waals surface area contributed by atoms with Gasteiger partial charge in [0.15, 0.2) is 0 Å². The Morgan fingerprint density at radius 1 is 1.25 bits per heavy atom. The fourth-order valence-corrected chi connectivity index (χ4v) is 1.08. The van der Waals surface area contributed by atoms with Crippen molar-refractivity contribution in [1.82, 2.24) is 0 Å². The second kappa shape index (κ2) is 7.70. The van der Waals surface area contributed by atoms with E-state index in [4.69, 9.17) is 0 Å². The highest BCUT2D eigenvalue weighted by atomic mass is 79.9. The van der Waals surface area contributed by atoms with Crippen molar-refractivity contribution in [2.45, 2.75) is 19.3 Å². The third kappa shape index (κ3) is 6.70. The quantitative estimate of drug-likeness (QED) is 0.523. The molecule has 2 heteroatoms. The van der Waals surface area contributed by atoms with E-state index in [2.05, 4.69) is 37.9 Å². The molecule has 0 radical (unpaired) electrons. The zero-order valence-electron chi connectivity index (χ0n) is 4.74. The zero-order chi connectivity index (χ0) is 6.24. The van der Waals surface area contributed by atoms with Crippen molar-refractivity contribution in [3.05, 3.63) is 11.1 Å². The van der Waals surface area contributed by atoms with E-state index < -0.39 is 0 Å². The fraction of sp³-hybridized carbons (Fsp3) is 0.667. The molecule has 0 aliphatic rings. The lowest BCUT2D eigenvalue weighted by Gasteiger charge is -1.87. The van der Waals surface area contributed by atoms with E-state index in [0.717, 1.165) is 5.33 Å². The Hall–Kier alpha value is 0.700. The van der Waals surface area contributed by atoms with Crippen LogP contribution in [0.3, 0.4) is 0 Å². The van der Waals surface area contributed by atoms with Gasteiger partial charge >= 0.3 is 0 Å². The molecule has 8 heavy (non-hydrogen) atoms. The molecule has 0 saturated carbocycles. The van der Waals surface area contributed by atoms with E-state index in [0.29, 0.717) is 0 Å². The Morgan fingerprint density at radius 2 is 2.00 bits per heavy atom. The molecule has 48 valence electrons. The highest BCUT2D eigenvalue weighted by Gasteiger charge is 1.79. The van der Waals surface area contributed by atoms with Gasteiger partial charge < -0.3 is 0 Å². The lowest BCUT2D eigenvalue weighted by Crippen LogP contribution is -1.72. The van der Waals surface area contributed by atoms with Gasteiger partial charge in [-0.15, -0.1) is 0 Å². The molecule has 0 unspecified atom stereocenters. The normalized spacial score (nSPS) is 10.8. The highest BCUT2D eigenvalue weighted by Crippen LogP contribution is 1.99. The largest absolute Gasteiger partial charge is 0.0928 e. The van der Waals surface area contributed by atoms with Crippen LogP contribution >= 0.6 is 31.9 Å². The van der Waals surface area contributed by atoms with Crippen molar-refractivity contribution in [3.8, 4) is 0 Å². The van der Waals surface area contributed by atoms with Gasteiger partial charge in [0.1, 0.15) is 0 Å². The Kier molecular flexibility index (Phi) is 8.37. The number of hydrogen-bond acceptors (Lipinski definition) is 0. The predicted molar refractivity (Wildman–Crippen MR) is 45.7 cm³/mol. The average molecular weight is 242 g/mol. The van der Waals surface area contributed by atoms with Crippen LogP contribution in [0.25, 0.3) is 0 Å². The van der Waals surface area contributed by atoms with Crippen LogP contribution < -0.4 is 0 Å². The molecule has 0 rings (SSSR count). The van der Waals surface area contributed by atoms with Crippen molar-refractivity contribution in [2.75, 3.05) is 5.33 Å². The van der Waals surface area contributed by atoms with Crippen LogP contribution in [0.15, 0.2) is 11.1 Å². The second-order valence-corrected chi connectivity index (χ2v) is 2.87. The van der Waals surface area contributed by atoms with Crippen molar-refractivity contribution in [2.24, 2.45) is 0 Å². The van der Waals surface area contributed by atoms with E-state index >= 15 is 0 Å². The Labute approximate surface area is 67.6 Å². The topological polar surface area (TPSA) is 0 Å². The zero-order valence-corrected chi connectivity index (χ0v) is 7.91. The molecule has 0 heterocycles. The summed E-state index contributed by atoms with van der Waals surface area (Å²) in [5, 5.41) is 1.13. The molecule has 0 aromatic carbocycles. The predicted octanol–water partition coefficient (Wildman–Crippen LogP) is 3.46. The summed E-state index contributed by atoms with van der Waals surface area (Å²) in [5.41, 5.74) is 0. The summed E-state index contributed by atoms with van der Waals surface area (Å²) in [5.74, 6) is 0. The maximum Gasteiger partial charge on any atom is 0.00314 e. The van der Waals surface area contributed by atoms with Crippen LogP contribution in [-0.2, 0) is 0 Å². The summed E-state index contributed by atoms with van der Waals surface area (Å²) in [6.07, 6.45) is 5.88. The van der Waals surface area contributed by atoms with Gasteiger partial charge in [-0.3, -0.25) is 0 Å². The third-order valence-corrected chi connectivity index (χ3v) is 1.78. The van der Waals surface area contributed by atoms with Gasteiger partial charge in [-0.05, 0) is 24.2 Å². The number of allylic oxidation sites excluding steroid dienone is 1. The Balaban J connectivity index is 2.72. The molecule has 0 atom stereocenters. The number of halogens is 2. The molecule has 0 N–H and O–H groups in total. The first-order valence-corrected chi connectivity index (χ1v) is 4.76. The van der Waals surface area contributed by atoms with E-state index in [9.17, 15) is 0 Å². The van der Waals surface area contributed by atoms with Crippen LogP contribution in [0.4, 0.5) is 0 Å². The molecule has 0 nitrogen and oxygen atoms in total. The van der Waals surface area contributed by atoms with Crippen LogP contribution in [0.2, 0.25) is 0 Å². The van der Waals surface area contributed by atoms with Crippen LogP contribution in [0.5, 0.6) is 0 Å². The Morgan fingerprint density at radius 3 is 2.50 bits per heavy atom. The average Bonchev–Trinajstić information content (AvgIpc) is 1.81. The molecular formula is C6H10Br2. The van der Waals surface area contributed by atoms with Gasteiger partial charge in [0.05, 0.1) is 0 Å². The smallest absolute Gasteiger partial charge is 0.00314 e. The van der Waals surface area contributed by atoms with Gasteiger partial charge in [-0.2, -0.15) is 0 Å². The number of rotatable bonds is 4. The molecular weight excluding hydrogens is 232 g/mol. The molecule has 0 saturated heterocycles. The lowest BCUT2D eigenvalue weighted by molar-refractivity contribution is 0.828. The minimum absolute atomic E-state index is 1.13. The van der Waals surface area contributed by atoms with Gasteiger partial charge in [-0.1, -0.05) is 37.9 Å². The van der Waals surface area contributed by atoms with Crippen molar-refractivity contribution in [1.29, 1.82) is 0 Å². The van der Waals surface area contributed by atoms with Crippen molar-refractivity contribution in [3.63, 3.8) is 0 Å². The lowest BCUT2D eigenvalue weighted by atomic mass is 10.2. The molecule has 0 bridgehead atoms. The molecule has 0 aromatic heterocycles. The minimum Gasteiger partial charge on any atom is -0.0928 e. The molecule has 0 amide bonds. The molecule has 0 aliphatic carbocycles. The molecule has 0 aromatic rings.